The minimum atomic E-state index is -0.387. The monoisotopic (exact) mass is 328 g/mol. The number of phenols is 1. The fourth-order valence-electron chi connectivity index (χ4n) is 2.18. The summed E-state index contributed by atoms with van der Waals surface area (Å²) in [6.07, 6.45) is 0. The van der Waals surface area contributed by atoms with Crippen molar-refractivity contribution < 1.29 is 19.4 Å². The summed E-state index contributed by atoms with van der Waals surface area (Å²) >= 11 is 0. The molecule has 0 aromatic heterocycles. The zero-order valence-electron chi connectivity index (χ0n) is 14.1. The standard InChI is InChI=1S/C18H20N2O4/c1-11-5-7-15(21)14(9-11)12(2)19-20-18(22)13-6-8-16(23-3)17(10-13)24-4/h5-10,21H,1-4H3,(H,20,22)/b19-12+. The number of carbonyl (C=O) groups is 1. The molecule has 0 bridgehead atoms. The number of hydrogen-bond acceptors (Lipinski definition) is 5. The van der Waals surface area contributed by atoms with E-state index >= 15 is 0 Å². The van der Waals surface area contributed by atoms with Crippen molar-refractivity contribution in [3.8, 4) is 17.2 Å². The molecule has 0 spiro atoms. The Bertz CT molecular complexity index is 785. The lowest BCUT2D eigenvalue weighted by Crippen LogP contribution is -2.19. The normalized spacial score (nSPS) is 11.1. The summed E-state index contributed by atoms with van der Waals surface area (Å²) in [5.74, 6) is 0.727. The molecular weight excluding hydrogens is 308 g/mol. The van der Waals surface area contributed by atoms with E-state index in [9.17, 15) is 9.90 Å². The second-order valence-electron chi connectivity index (χ2n) is 5.23. The molecule has 6 nitrogen and oxygen atoms in total. The van der Waals surface area contributed by atoms with Crippen LogP contribution in [0.5, 0.6) is 17.2 Å². The fourth-order valence-corrected chi connectivity index (χ4v) is 2.18. The molecule has 0 aliphatic heterocycles. The van der Waals surface area contributed by atoms with Crippen LogP contribution in [0.1, 0.15) is 28.4 Å². The smallest absolute Gasteiger partial charge is 0.271 e. The van der Waals surface area contributed by atoms with E-state index in [1.165, 1.54) is 14.2 Å². The molecule has 2 aromatic rings. The summed E-state index contributed by atoms with van der Waals surface area (Å²) in [6, 6.07) is 10.0. The van der Waals surface area contributed by atoms with Gasteiger partial charge in [0, 0.05) is 11.1 Å². The minimum Gasteiger partial charge on any atom is -0.507 e. The largest absolute Gasteiger partial charge is 0.507 e. The Balaban J connectivity index is 2.19. The van der Waals surface area contributed by atoms with Gasteiger partial charge in [-0.25, -0.2) is 5.43 Å². The third-order valence-corrected chi connectivity index (χ3v) is 3.51. The second kappa shape index (κ2) is 7.50. The van der Waals surface area contributed by atoms with Crippen molar-refractivity contribution in [2.45, 2.75) is 13.8 Å². The van der Waals surface area contributed by atoms with Crippen molar-refractivity contribution in [2.75, 3.05) is 14.2 Å². The van der Waals surface area contributed by atoms with Gasteiger partial charge in [-0.15, -0.1) is 0 Å². The number of hydrogen-bond donors (Lipinski definition) is 2. The maximum Gasteiger partial charge on any atom is 0.271 e. The van der Waals surface area contributed by atoms with Gasteiger partial charge >= 0.3 is 0 Å². The molecule has 0 unspecified atom stereocenters. The maximum absolute atomic E-state index is 12.2. The molecule has 6 heteroatoms. The van der Waals surface area contributed by atoms with E-state index in [2.05, 4.69) is 10.5 Å². The first-order valence-corrected chi connectivity index (χ1v) is 7.33. The molecule has 0 saturated heterocycles. The lowest BCUT2D eigenvalue weighted by atomic mass is 10.1. The summed E-state index contributed by atoms with van der Waals surface area (Å²) in [4.78, 5) is 12.2. The van der Waals surface area contributed by atoms with E-state index in [1.54, 1.807) is 43.3 Å². The van der Waals surface area contributed by atoms with E-state index in [-0.39, 0.29) is 11.7 Å². The van der Waals surface area contributed by atoms with Crippen LogP contribution >= 0.6 is 0 Å². The van der Waals surface area contributed by atoms with Crippen LogP contribution in [-0.4, -0.2) is 30.9 Å². The van der Waals surface area contributed by atoms with Crippen molar-refractivity contribution in [3.63, 3.8) is 0 Å². The Morgan fingerprint density at radius 3 is 2.46 bits per heavy atom. The Morgan fingerprint density at radius 2 is 1.79 bits per heavy atom. The van der Waals surface area contributed by atoms with Crippen LogP contribution in [0.25, 0.3) is 0 Å². The highest BCUT2D eigenvalue weighted by molar-refractivity contribution is 6.02. The average molecular weight is 328 g/mol. The van der Waals surface area contributed by atoms with Crippen LogP contribution in [-0.2, 0) is 0 Å². The summed E-state index contributed by atoms with van der Waals surface area (Å²) in [7, 11) is 3.03. The third kappa shape index (κ3) is 3.84. The number of carbonyl (C=O) groups excluding carboxylic acids is 1. The molecule has 0 heterocycles. The van der Waals surface area contributed by atoms with Crippen LogP contribution in [0.2, 0.25) is 0 Å². The lowest BCUT2D eigenvalue weighted by molar-refractivity contribution is 0.0954. The van der Waals surface area contributed by atoms with Gasteiger partial charge in [0.1, 0.15) is 5.75 Å². The topological polar surface area (TPSA) is 80.2 Å². The van der Waals surface area contributed by atoms with Crippen LogP contribution in [0, 0.1) is 6.92 Å². The molecule has 2 rings (SSSR count). The van der Waals surface area contributed by atoms with Crippen molar-refractivity contribution in [1.82, 2.24) is 5.43 Å². The summed E-state index contributed by atoms with van der Waals surface area (Å²) < 4.78 is 10.3. The van der Waals surface area contributed by atoms with Crippen molar-refractivity contribution in [2.24, 2.45) is 5.10 Å². The van der Waals surface area contributed by atoms with E-state index in [1.807, 2.05) is 6.92 Å². The quantitative estimate of drug-likeness (QED) is 0.653. The zero-order valence-corrected chi connectivity index (χ0v) is 14.1. The SMILES string of the molecule is COc1ccc(C(=O)N/N=C(\C)c2cc(C)ccc2O)cc1OC. The number of nitrogens with zero attached hydrogens (tertiary/aromatic N) is 1. The van der Waals surface area contributed by atoms with Gasteiger partial charge in [0.05, 0.1) is 19.9 Å². The van der Waals surface area contributed by atoms with Crippen LogP contribution in [0.4, 0.5) is 0 Å². The summed E-state index contributed by atoms with van der Waals surface area (Å²) in [5, 5.41) is 13.9. The van der Waals surface area contributed by atoms with E-state index in [0.717, 1.165) is 5.56 Å². The predicted octanol–water partition coefficient (Wildman–Crippen LogP) is 2.87. The molecule has 0 aliphatic carbocycles. The molecule has 2 N–H and O–H groups in total. The minimum absolute atomic E-state index is 0.113. The number of amides is 1. The number of rotatable bonds is 5. The molecule has 2 aromatic carbocycles. The number of ether oxygens (including phenoxy) is 2. The molecule has 24 heavy (non-hydrogen) atoms. The Hall–Kier alpha value is -3.02. The van der Waals surface area contributed by atoms with Crippen molar-refractivity contribution >= 4 is 11.6 Å². The average Bonchev–Trinajstić information content (AvgIpc) is 2.60. The Labute approximate surface area is 140 Å². The van der Waals surface area contributed by atoms with Crippen LogP contribution < -0.4 is 14.9 Å². The van der Waals surface area contributed by atoms with E-state index < -0.39 is 0 Å². The number of methoxy groups -OCH3 is 2. The summed E-state index contributed by atoms with van der Waals surface area (Å²) in [6.45, 7) is 3.63. The van der Waals surface area contributed by atoms with Crippen molar-refractivity contribution in [1.29, 1.82) is 0 Å². The molecule has 0 fully saturated rings. The summed E-state index contributed by atoms with van der Waals surface area (Å²) in [5.41, 5.74) is 4.93. The zero-order chi connectivity index (χ0) is 17.7. The van der Waals surface area contributed by atoms with Crippen LogP contribution in [0.3, 0.4) is 0 Å². The highest BCUT2D eigenvalue weighted by atomic mass is 16.5. The van der Waals surface area contributed by atoms with Gasteiger partial charge in [0.15, 0.2) is 11.5 Å². The number of benzene rings is 2. The number of aromatic hydroxyl groups is 1. The molecule has 0 radical (unpaired) electrons. The van der Waals surface area contributed by atoms with Crippen molar-refractivity contribution in [3.05, 3.63) is 53.1 Å². The molecule has 126 valence electrons. The first-order valence-electron chi connectivity index (χ1n) is 7.33. The highest BCUT2D eigenvalue weighted by Crippen LogP contribution is 2.27. The Kier molecular flexibility index (Phi) is 5.42. The van der Waals surface area contributed by atoms with Gasteiger partial charge in [-0.05, 0) is 44.2 Å². The lowest BCUT2D eigenvalue weighted by Gasteiger charge is -2.09. The first-order chi connectivity index (χ1) is 11.5. The maximum atomic E-state index is 12.2. The molecule has 0 saturated carbocycles. The molecule has 0 aliphatic rings. The first kappa shape index (κ1) is 17.3. The number of phenolic OH excluding ortho intramolecular Hbond substituents is 1. The van der Waals surface area contributed by atoms with Gasteiger partial charge in [0.25, 0.3) is 5.91 Å². The number of nitrogens with one attached hydrogen (secondary N) is 1. The van der Waals surface area contributed by atoms with Gasteiger partial charge in [-0.3, -0.25) is 4.79 Å². The number of hydrazone groups is 1. The fraction of sp³-hybridized carbons (Fsp3) is 0.222. The van der Waals surface area contributed by atoms with Crippen LogP contribution in [0.15, 0.2) is 41.5 Å². The van der Waals surface area contributed by atoms with E-state index in [0.29, 0.717) is 28.3 Å². The van der Waals surface area contributed by atoms with Gasteiger partial charge in [-0.2, -0.15) is 5.10 Å². The highest BCUT2D eigenvalue weighted by Gasteiger charge is 2.11. The predicted molar refractivity (Wildman–Crippen MR) is 92.1 cm³/mol. The molecular formula is C18H20N2O4. The third-order valence-electron chi connectivity index (χ3n) is 3.51. The van der Waals surface area contributed by atoms with Gasteiger partial charge < -0.3 is 14.6 Å². The molecule has 0 atom stereocenters. The van der Waals surface area contributed by atoms with Gasteiger partial charge in [-0.1, -0.05) is 11.6 Å². The van der Waals surface area contributed by atoms with Gasteiger partial charge in [0.2, 0.25) is 0 Å². The number of aryl methyl sites for hydroxylation is 1. The molecule has 1 amide bonds. The van der Waals surface area contributed by atoms with E-state index in [4.69, 9.17) is 9.47 Å². The Morgan fingerprint density at radius 1 is 1.08 bits per heavy atom. The second-order valence-corrected chi connectivity index (χ2v) is 5.23.